The molecule has 7 nitrogen and oxygen atoms in total. The Balaban J connectivity index is 1.80. The lowest BCUT2D eigenvalue weighted by molar-refractivity contribution is 0.433. The average molecular weight is 387 g/mol. The van der Waals surface area contributed by atoms with Crippen molar-refractivity contribution in [2.24, 2.45) is 0 Å². The van der Waals surface area contributed by atoms with Crippen LogP contribution in [0.1, 0.15) is 6.42 Å². The molecule has 134 valence electrons. The summed E-state index contributed by atoms with van der Waals surface area (Å²) in [4.78, 5) is 13.5. The van der Waals surface area contributed by atoms with E-state index in [1.807, 2.05) is 4.90 Å². The van der Waals surface area contributed by atoms with Crippen LogP contribution in [0.4, 0.5) is 10.1 Å². The van der Waals surface area contributed by atoms with Gasteiger partial charge in [0.25, 0.3) is 5.56 Å². The molecule has 0 saturated carbocycles. The Morgan fingerprint density at radius 2 is 1.84 bits per heavy atom. The van der Waals surface area contributed by atoms with E-state index in [1.165, 1.54) is 22.6 Å². The van der Waals surface area contributed by atoms with Gasteiger partial charge in [-0.2, -0.15) is 9.40 Å². The summed E-state index contributed by atoms with van der Waals surface area (Å²) in [6.07, 6.45) is 2.01. The van der Waals surface area contributed by atoms with Crippen molar-refractivity contribution >= 4 is 27.3 Å². The second-order valence-corrected chi connectivity index (χ2v) is 7.91. The van der Waals surface area contributed by atoms with E-state index in [0.717, 1.165) is 12.1 Å². The highest BCUT2D eigenvalue weighted by atomic mass is 35.5. The van der Waals surface area contributed by atoms with Crippen LogP contribution in [0.25, 0.3) is 0 Å². The molecular weight excluding hydrogens is 371 g/mol. The van der Waals surface area contributed by atoms with Gasteiger partial charge in [0.1, 0.15) is 10.8 Å². The van der Waals surface area contributed by atoms with Crippen LogP contribution in [-0.4, -0.2) is 49.1 Å². The summed E-state index contributed by atoms with van der Waals surface area (Å²) in [6.45, 7) is 1.46. The van der Waals surface area contributed by atoms with Crippen LogP contribution < -0.4 is 10.5 Å². The smallest absolute Gasteiger partial charge is 0.285 e. The number of halogens is 2. The lowest BCUT2D eigenvalue weighted by Crippen LogP contribution is -2.35. The largest absolute Gasteiger partial charge is 0.367 e. The molecule has 1 aliphatic rings. The number of rotatable bonds is 3. The molecule has 1 fully saturated rings. The van der Waals surface area contributed by atoms with Crippen LogP contribution in [0.3, 0.4) is 0 Å². The van der Waals surface area contributed by atoms with E-state index in [0.29, 0.717) is 31.7 Å². The maximum absolute atomic E-state index is 13.0. The number of H-pyrrole nitrogens is 1. The molecule has 1 aliphatic heterocycles. The second-order valence-electron chi connectivity index (χ2n) is 5.60. The first-order valence-electron chi connectivity index (χ1n) is 7.63. The van der Waals surface area contributed by atoms with Crippen molar-refractivity contribution in [2.75, 3.05) is 31.1 Å². The zero-order chi connectivity index (χ0) is 18.0. The summed E-state index contributed by atoms with van der Waals surface area (Å²) in [5.41, 5.74) is -0.00866. The minimum Gasteiger partial charge on any atom is -0.367 e. The number of anilines is 1. The van der Waals surface area contributed by atoms with Crippen LogP contribution >= 0.6 is 11.6 Å². The fourth-order valence-corrected chi connectivity index (χ4v) is 4.41. The van der Waals surface area contributed by atoms with Crippen molar-refractivity contribution in [2.45, 2.75) is 11.3 Å². The zero-order valence-electron chi connectivity index (χ0n) is 13.2. The number of nitrogens with one attached hydrogen (secondary N) is 1. The second kappa shape index (κ2) is 7.11. The molecule has 0 amide bonds. The summed E-state index contributed by atoms with van der Waals surface area (Å²) in [5.74, 6) is -0.488. The Hall–Kier alpha value is -1.97. The quantitative estimate of drug-likeness (QED) is 0.863. The maximum Gasteiger partial charge on any atom is 0.285 e. The number of nitrogens with zero attached hydrogens (tertiary/aromatic N) is 3. The van der Waals surface area contributed by atoms with E-state index in [-0.39, 0.29) is 16.5 Å². The molecule has 0 bridgehead atoms. The van der Waals surface area contributed by atoms with Gasteiger partial charge in [0, 0.05) is 26.2 Å². The van der Waals surface area contributed by atoms with Crippen molar-refractivity contribution in [3.05, 3.63) is 51.7 Å². The minimum atomic E-state index is -3.70. The third-order valence-corrected chi connectivity index (χ3v) is 6.30. The highest BCUT2D eigenvalue weighted by Gasteiger charge is 2.27. The Bertz CT molecular complexity index is 917. The summed E-state index contributed by atoms with van der Waals surface area (Å²) in [5, 5.41) is 6.03. The molecule has 0 unspecified atom stereocenters. The van der Waals surface area contributed by atoms with E-state index in [2.05, 4.69) is 10.2 Å². The Kier molecular flexibility index (Phi) is 5.07. The summed E-state index contributed by atoms with van der Waals surface area (Å²) < 4.78 is 39.8. The summed E-state index contributed by atoms with van der Waals surface area (Å²) in [7, 11) is -3.70. The third-order valence-electron chi connectivity index (χ3n) is 4.02. The molecule has 0 spiro atoms. The lowest BCUT2D eigenvalue weighted by atomic mass is 10.3. The number of aromatic nitrogens is 2. The molecule has 2 aromatic rings. The van der Waals surface area contributed by atoms with Crippen LogP contribution in [0.5, 0.6) is 0 Å². The topological polar surface area (TPSA) is 86.4 Å². The van der Waals surface area contributed by atoms with Crippen molar-refractivity contribution in [1.82, 2.24) is 14.5 Å². The minimum absolute atomic E-state index is 0.0323. The normalized spacial score (nSPS) is 16.6. The molecule has 1 aromatic carbocycles. The Morgan fingerprint density at radius 1 is 1.12 bits per heavy atom. The monoisotopic (exact) mass is 386 g/mol. The van der Waals surface area contributed by atoms with Crippen LogP contribution in [0.15, 0.2) is 40.2 Å². The van der Waals surface area contributed by atoms with Gasteiger partial charge in [-0.15, -0.1) is 0 Å². The predicted octanol–water partition coefficient (Wildman–Crippen LogP) is 1.46. The molecule has 0 atom stereocenters. The first kappa shape index (κ1) is 17.8. The number of aromatic amines is 1. The van der Waals surface area contributed by atoms with E-state index < -0.39 is 21.4 Å². The third kappa shape index (κ3) is 3.68. The van der Waals surface area contributed by atoms with E-state index in [1.54, 1.807) is 0 Å². The van der Waals surface area contributed by atoms with E-state index in [4.69, 9.17) is 11.6 Å². The molecule has 0 aliphatic carbocycles. The molecular formula is C15H16ClFN4O3S. The number of benzene rings is 1. The molecule has 1 saturated heterocycles. The van der Waals surface area contributed by atoms with Crippen LogP contribution in [-0.2, 0) is 10.0 Å². The molecule has 1 N–H and O–H groups in total. The molecule has 1 aromatic heterocycles. The fourth-order valence-electron chi connectivity index (χ4n) is 2.73. The van der Waals surface area contributed by atoms with Gasteiger partial charge in [-0.3, -0.25) is 4.79 Å². The lowest BCUT2D eigenvalue weighted by Gasteiger charge is -2.23. The van der Waals surface area contributed by atoms with Crippen LogP contribution in [0.2, 0.25) is 5.02 Å². The average Bonchev–Trinajstić information content (AvgIpc) is 2.84. The number of sulfonamides is 1. The van der Waals surface area contributed by atoms with Gasteiger partial charge in [-0.05, 0) is 30.7 Å². The van der Waals surface area contributed by atoms with Gasteiger partial charge in [-0.25, -0.2) is 17.9 Å². The van der Waals surface area contributed by atoms with Crippen molar-refractivity contribution in [3.63, 3.8) is 0 Å². The first-order valence-corrected chi connectivity index (χ1v) is 9.45. The predicted molar refractivity (Wildman–Crippen MR) is 91.9 cm³/mol. The summed E-state index contributed by atoms with van der Waals surface area (Å²) >= 11 is 6.02. The highest BCUT2D eigenvalue weighted by Crippen LogP contribution is 2.24. The van der Waals surface area contributed by atoms with Crippen molar-refractivity contribution in [3.8, 4) is 0 Å². The van der Waals surface area contributed by atoms with E-state index in [9.17, 15) is 17.6 Å². The first-order chi connectivity index (χ1) is 11.9. The van der Waals surface area contributed by atoms with E-state index >= 15 is 0 Å². The van der Waals surface area contributed by atoms with Gasteiger partial charge in [0.05, 0.1) is 16.8 Å². The van der Waals surface area contributed by atoms with Gasteiger partial charge < -0.3 is 4.90 Å². The van der Waals surface area contributed by atoms with Gasteiger partial charge in [0.2, 0.25) is 10.0 Å². The molecule has 25 heavy (non-hydrogen) atoms. The Morgan fingerprint density at radius 3 is 2.56 bits per heavy atom. The standard InChI is InChI=1S/C15H16ClFN4O3S/c16-14-13(10-18-19-15(14)22)20-6-1-7-21(9-8-20)25(23,24)12-4-2-11(17)3-5-12/h2-5,10H,1,6-9H2,(H,19,22). The van der Waals surface area contributed by atoms with Gasteiger partial charge >= 0.3 is 0 Å². The molecule has 3 rings (SSSR count). The van der Waals surface area contributed by atoms with Crippen molar-refractivity contribution in [1.29, 1.82) is 0 Å². The van der Waals surface area contributed by atoms with Gasteiger partial charge in [-0.1, -0.05) is 11.6 Å². The summed E-state index contributed by atoms with van der Waals surface area (Å²) in [6, 6.07) is 4.76. The molecule has 10 heteroatoms. The molecule has 0 radical (unpaired) electrons. The SMILES string of the molecule is O=c1[nH]ncc(N2CCCN(S(=O)(=O)c3ccc(F)cc3)CC2)c1Cl. The highest BCUT2D eigenvalue weighted by molar-refractivity contribution is 7.89. The fraction of sp³-hybridized carbons (Fsp3) is 0.333. The van der Waals surface area contributed by atoms with Gasteiger partial charge in [0.15, 0.2) is 0 Å². The number of hydrogen-bond donors (Lipinski definition) is 1. The maximum atomic E-state index is 13.0. The Labute approximate surface area is 149 Å². The van der Waals surface area contributed by atoms with Crippen molar-refractivity contribution < 1.29 is 12.8 Å². The zero-order valence-corrected chi connectivity index (χ0v) is 14.7. The number of hydrogen-bond acceptors (Lipinski definition) is 5. The van der Waals surface area contributed by atoms with Crippen LogP contribution in [0, 0.1) is 5.82 Å². The molecule has 2 heterocycles.